The van der Waals surface area contributed by atoms with Crippen molar-refractivity contribution in [2.24, 2.45) is 0 Å². The molecule has 17 heavy (non-hydrogen) atoms. The minimum atomic E-state index is -0.170. The van der Waals surface area contributed by atoms with E-state index in [0.717, 1.165) is 20.6 Å². The minimum Gasteiger partial charge on any atom is -0.113 e. The predicted molar refractivity (Wildman–Crippen MR) is 86.0 cm³/mol. The molecule has 2 rings (SSSR count). The van der Waals surface area contributed by atoms with Crippen LogP contribution < -0.4 is 0 Å². The Hall–Kier alpha value is 0.230. The molecule has 0 bridgehead atoms. The van der Waals surface area contributed by atoms with Gasteiger partial charge >= 0.3 is 0 Å². The monoisotopic (exact) mass is 440 g/mol. The predicted octanol–water partition coefficient (Wildman–Crippen LogP) is 6.04. The first-order valence-electron chi connectivity index (χ1n) is 4.92. The number of halogens is 4. The Morgan fingerprint density at radius 2 is 1.71 bits per heavy atom. The van der Waals surface area contributed by atoms with Crippen LogP contribution in [0.25, 0.3) is 0 Å². The summed E-state index contributed by atoms with van der Waals surface area (Å²) >= 11 is 18.2. The lowest BCUT2D eigenvalue weighted by molar-refractivity contribution is 1.12. The Labute approximate surface area is 133 Å². The van der Waals surface area contributed by atoms with E-state index in [9.17, 15) is 0 Å². The summed E-state index contributed by atoms with van der Waals surface area (Å²) in [6.45, 7) is 0. The van der Waals surface area contributed by atoms with E-state index >= 15 is 0 Å². The minimum absolute atomic E-state index is 0.170. The van der Waals surface area contributed by atoms with E-state index in [-0.39, 0.29) is 5.38 Å². The summed E-state index contributed by atoms with van der Waals surface area (Å²) in [6.07, 6.45) is 0. The summed E-state index contributed by atoms with van der Waals surface area (Å²) in [6, 6.07) is 13.7. The number of benzene rings is 2. The number of rotatable bonds is 2. The highest BCUT2D eigenvalue weighted by molar-refractivity contribution is 14.1. The van der Waals surface area contributed by atoms with Gasteiger partial charge in [-0.2, -0.15) is 0 Å². The van der Waals surface area contributed by atoms with Crippen LogP contribution in [0.15, 0.2) is 46.9 Å². The highest BCUT2D eigenvalue weighted by Crippen LogP contribution is 2.35. The highest BCUT2D eigenvalue weighted by Gasteiger charge is 2.14. The second kappa shape index (κ2) is 5.91. The van der Waals surface area contributed by atoms with Gasteiger partial charge in [0.1, 0.15) is 0 Å². The standard InChI is InChI=1S/C13H8BrCl2I/c14-12-6-5-10(17)7-11(12)13(16)8-1-3-9(15)4-2-8/h1-7,13H. The SMILES string of the molecule is Clc1ccc(C(Cl)c2cc(I)ccc2Br)cc1. The van der Waals surface area contributed by atoms with Crippen LogP contribution in [-0.4, -0.2) is 0 Å². The lowest BCUT2D eigenvalue weighted by atomic mass is 10.0. The topological polar surface area (TPSA) is 0 Å². The molecule has 0 aromatic heterocycles. The lowest BCUT2D eigenvalue weighted by Crippen LogP contribution is -1.95. The van der Waals surface area contributed by atoms with Crippen molar-refractivity contribution in [1.29, 1.82) is 0 Å². The van der Waals surface area contributed by atoms with Crippen LogP contribution in [0.3, 0.4) is 0 Å². The van der Waals surface area contributed by atoms with Gasteiger partial charge in [-0.05, 0) is 64.0 Å². The van der Waals surface area contributed by atoms with Crippen LogP contribution in [0.1, 0.15) is 16.5 Å². The molecule has 88 valence electrons. The lowest BCUT2D eigenvalue weighted by Gasteiger charge is -2.13. The van der Waals surface area contributed by atoms with Gasteiger partial charge in [0.15, 0.2) is 0 Å². The van der Waals surface area contributed by atoms with Crippen LogP contribution in [0, 0.1) is 3.57 Å². The molecule has 0 heterocycles. The third-order valence-corrected chi connectivity index (χ3v) is 4.53. The maximum atomic E-state index is 6.48. The zero-order chi connectivity index (χ0) is 12.4. The Kier molecular flexibility index (Phi) is 4.75. The van der Waals surface area contributed by atoms with Crippen LogP contribution in [0.5, 0.6) is 0 Å². The molecular weight excluding hydrogens is 434 g/mol. The third-order valence-electron chi connectivity index (χ3n) is 2.39. The molecule has 4 heteroatoms. The van der Waals surface area contributed by atoms with Crippen molar-refractivity contribution in [3.05, 3.63) is 66.7 Å². The number of alkyl halides is 1. The summed E-state index contributed by atoms with van der Waals surface area (Å²) < 4.78 is 2.19. The smallest absolute Gasteiger partial charge is 0.0846 e. The Bertz CT molecular complexity index is 525. The van der Waals surface area contributed by atoms with Crippen molar-refractivity contribution >= 4 is 61.7 Å². The van der Waals surface area contributed by atoms with E-state index in [1.807, 2.05) is 36.4 Å². The van der Waals surface area contributed by atoms with Crippen LogP contribution >= 0.6 is 61.7 Å². The van der Waals surface area contributed by atoms with E-state index in [1.165, 1.54) is 3.57 Å². The van der Waals surface area contributed by atoms with Crippen molar-refractivity contribution in [2.45, 2.75) is 5.38 Å². The van der Waals surface area contributed by atoms with Gasteiger partial charge in [-0.25, -0.2) is 0 Å². The molecule has 0 aliphatic rings. The van der Waals surface area contributed by atoms with Crippen LogP contribution in [0.4, 0.5) is 0 Å². The first-order chi connectivity index (χ1) is 8.08. The third kappa shape index (κ3) is 3.37. The summed E-state index contributed by atoms with van der Waals surface area (Å²) in [5.74, 6) is 0. The summed E-state index contributed by atoms with van der Waals surface area (Å²) in [5, 5.41) is 0.552. The summed E-state index contributed by atoms with van der Waals surface area (Å²) in [5.41, 5.74) is 2.11. The van der Waals surface area contributed by atoms with Crippen LogP contribution in [-0.2, 0) is 0 Å². The van der Waals surface area contributed by atoms with Gasteiger partial charge in [0.25, 0.3) is 0 Å². The fraction of sp³-hybridized carbons (Fsp3) is 0.0769. The molecule has 2 aromatic rings. The Morgan fingerprint density at radius 1 is 1.06 bits per heavy atom. The first-order valence-corrected chi connectivity index (χ1v) is 7.61. The quantitative estimate of drug-likeness (QED) is 0.394. The van der Waals surface area contributed by atoms with Gasteiger partial charge in [-0.15, -0.1) is 11.6 Å². The number of hydrogen-bond donors (Lipinski definition) is 0. The molecule has 2 aromatic carbocycles. The number of hydrogen-bond acceptors (Lipinski definition) is 0. The van der Waals surface area contributed by atoms with E-state index in [2.05, 4.69) is 44.6 Å². The van der Waals surface area contributed by atoms with Gasteiger partial charge in [0, 0.05) is 13.1 Å². The maximum Gasteiger partial charge on any atom is 0.0846 e. The molecule has 0 saturated carbocycles. The van der Waals surface area contributed by atoms with Gasteiger partial charge in [0.2, 0.25) is 0 Å². The molecule has 0 aliphatic carbocycles. The van der Waals surface area contributed by atoms with Crippen molar-refractivity contribution in [2.75, 3.05) is 0 Å². The second-order valence-corrected chi connectivity index (χ2v) is 6.55. The largest absolute Gasteiger partial charge is 0.113 e. The highest BCUT2D eigenvalue weighted by atomic mass is 127. The van der Waals surface area contributed by atoms with E-state index < -0.39 is 0 Å². The average Bonchev–Trinajstić information content (AvgIpc) is 2.32. The Morgan fingerprint density at radius 3 is 2.35 bits per heavy atom. The van der Waals surface area contributed by atoms with Crippen molar-refractivity contribution < 1.29 is 0 Å². The van der Waals surface area contributed by atoms with Gasteiger partial charge in [-0.1, -0.05) is 39.7 Å². The molecule has 0 amide bonds. The normalized spacial score (nSPS) is 12.5. The van der Waals surface area contributed by atoms with E-state index in [0.29, 0.717) is 0 Å². The van der Waals surface area contributed by atoms with Crippen molar-refractivity contribution in [1.82, 2.24) is 0 Å². The second-order valence-electron chi connectivity index (χ2n) is 3.58. The fourth-order valence-electron chi connectivity index (χ4n) is 1.52. The fourth-order valence-corrected chi connectivity index (χ4v) is 3.09. The molecule has 0 fully saturated rings. The van der Waals surface area contributed by atoms with E-state index in [4.69, 9.17) is 23.2 Å². The van der Waals surface area contributed by atoms with Gasteiger partial charge < -0.3 is 0 Å². The molecule has 0 aliphatic heterocycles. The molecule has 0 saturated heterocycles. The molecular formula is C13H8BrCl2I. The molecule has 0 radical (unpaired) electrons. The summed E-state index contributed by atoms with van der Waals surface area (Å²) in [4.78, 5) is 0. The molecule has 0 N–H and O–H groups in total. The average molecular weight is 442 g/mol. The molecule has 1 atom stereocenters. The maximum absolute atomic E-state index is 6.48. The first kappa shape index (κ1) is 13.7. The van der Waals surface area contributed by atoms with Crippen LogP contribution in [0.2, 0.25) is 5.02 Å². The zero-order valence-electron chi connectivity index (χ0n) is 8.63. The van der Waals surface area contributed by atoms with Crippen molar-refractivity contribution in [3.8, 4) is 0 Å². The molecule has 0 nitrogen and oxygen atoms in total. The molecule has 1 unspecified atom stereocenters. The van der Waals surface area contributed by atoms with E-state index in [1.54, 1.807) is 0 Å². The Balaban J connectivity index is 2.39. The molecule has 0 spiro atoms. The summed E-state index contributed by atoms with van der Waals surface area (Å²) in [7, 11) is 0. The zero-order valence-corrected chi connectivity index (χ0v) is 13.9. The van der Waals surface area contributed by atoms with Crippen molar-refractivity contribution in [3.63, 3.8) is 0 Å². The van der Waals surface area contributed by atoms with Gasteiger partial charge in [-0.3, -0.25) is 0 Å². The van der Waals surface area contributed by atoms with Gasteiger partial charge in [0.05, 0.1) is 5.38 Å².